The second-order valence-electron chi connectivity index (χ2n) is 16.2. The maximum Gasteiger partial charge on any atom is 0.323 e. The van der Waals surface area contributed by atoms with E-state index in [1.54, 1.807) is 5.57 Å². The number of aromatic nitrogens is 1. The van der Waals surface area contributed by atoms with E-state index in [0.29, 0.717) is 11.8 Å². The van der Waals surface area contributed by atoms with E-state index in [-0.39, 0.29) is 17.5 Å². The van der Waals surface area contributed by atoms with Crippen LogP contribution in [0.25, 0.3) is 10.9 Å². The van der Waals surface area contributed by atoms with Crippen LogP contribution in [-0.4, -0.2) is 22.7 Å². The molecule has 4 heteroatoms. The van der Waals surface area contributed by atoms with Crippen LogP contribution in [0.3, 0.4) is 0 Å². The number of ether oxygens (including phenoxy) is 1. The highest BCUT2D eigenvalue weighted by atomic mass is 16.5. The zero-order valence-electron chi connectivity index (χ0n) is 27.9. The Morgan fingerprint density at radius 2 is 1.84 bits per heavy atom. The van der Waals surface area contributed by atoms with E-state index < -0.39 is 6.04 Å². The van der Waals surface area contributed by atoms with Gasteiger partial charge >= 0.3 is 5.97 Å². The second-order valence-corrected chi connectivity index (χ2v) is 16.2. The number of benzene rings is 1. The van der Waals surface area contributed by atoms with Gasteiger partial charge in [-0.1, -0.05) is 83.7 Å². The van der Waals surface area contributed by atoms with Crippen LogP contribution in [0.15, 0.2) is 42.1 Å². The van der Waals surface area contributed by atoms with Gasteiger partial charge in [0.05, 0.1) is 0 Å². The Morgan fingerprint density at radius 1 is 1.05 bits per heavy atom. The Labute approximate surface area is 261 Å². The lowest BCUT2D eigenvalue weighted by molar-refractivity contribution is -0.153. The molecule has 2 N–H and O–H groups in total. The zero-order valence-corrected chi connectivity index (χ0v) is 27.9. The molecule has 2 aromatic rings. The predicted molar refractivity (Wildman–Crippen MR) is 178 cm³/mol. The molecule has 1 heterocycles. The predicted octanol–water partition coefficient (Wildman–Crippen LogP) is 9.00. The van der Waals surface area contributed by atoms with Gasteiger partial charge in [0.15, 0.2) is 0 Å². The number of esters is 1. The number of rotatable bonds is 9. The Kier molecular flexibility index (Phi) is 8.65. The molecule has 236 valence electrons. The van der Waals surface area contributed by atoms with Crippen LogP contribution >= 0.6 is 0 Å². The Bertz CT molecular complexity index is 1340. The molecule has 3 unspecified atom stereocenters. The highest BCUT2D eigenvalue weighted by Gasteiger charge is 2.59. The van der Waals surface area contributed by atoms with Gasteiger partial charge in [0, 0.05) is 37.0 Å². The van der Waals surface area contributed by atoms with Gasteiger partial charge in [-0.2, -0.15) is 0 Å². The summed E-state index contributed by atoms with van der Waals surface area (Å²) in [5.41, 5.74) is 11.1. The summed E-state index contributed by atoms with van der Waals surface area (Å²) in [6.07, 6.45) is 19.2. The number of hydrogen-bond donors (Lipinski definition) is 1. The Morgan fingerprint density at radius 3 is 2.63 bits per heavy atom. The van der Waals surface area contributed by atoms with E-state index in [4.69, 9.17) is 10.5 Å². The smallest absolute Gasteiger partial charge is 0.323 e. The van der Waals surface area contributed by atoms with Crippen molar-refractivity contribution in [2.45, 2.75) is 124 Å². The first-order valence-electron chi connectivity index (χ1n) is 17.7. The molecule has 0 spiro atoms. The van der Waals surface area contributed by atoms with Gasteiger partial charge in [-0.05, 0) is 103 Å². The van der Waals surface area contributed by atoms with E-state index in [1.165, 1.54) is 62.3 Å². The van der Waals surface area contributed by atoms with Gasteiger partial charge < -0.3 is 15.0 Å². The van der Waals surface area contributed by atoms with E-state index >= 15 is 0 Å². The minimum atomic E-state index is -0.636. The van der Waals surface area contributed by atoms with E-state index in [1.807, 2.05) is 19.2 Å². The fourth-order valence-electron chi connectivity index (χ4n) is 10.9. The minimum Gasteiger partial charge on any atom is -0.461 e. The summed E-state index contributed by atoms with van der Waals surface area (Å²) in [7, 11) is 2.05. The van der Waals surface area contributed by atoms with Crippen molar-refractivity contribution in [2.24, 2.45) is 59.1 Å². The molecule has 4 aliphatic rings. The third-order valence-corrected chi connectivity index (χ3v) is 13.3. The number of carbonyl (C=O) groups is 1. The maximum absolute atomic E-state index is 13.2. The van der Waals surface area contributed by atoms with Crippen molar-refractivity contribution >= 4 is 16.9 Å². The number of para-hydroxylation sites is 1. The number of allylic oxidation sites excluding steroid dienone is 1. The molecule has 9 atom stereocenters. The van der Waals surface area contributed by atoms with Gasteiger partial charge in [-0.15, -0.1) is 0 Å². The molecule has 0 aliphatic heterocycles. The molecule has 4 aliphatic carbocycles. The van der Waals surface area contributed by atoms with E-state index in [2.05, 4.69) is 63.6 Å². The van der Waals surface area contributed by atoms with Crippen molar-refractivity contribution in [3.8, 4) is 0 Å². The molecule has 0 bridgehead atoms. The first-order valence-corrected chi connectivity index (χ1v) is 17.7. The summed E-state index contributed by atoms with van der Waals surface area (Å²) in [5, 5.41) is 1.17. The number of nitrogens with zero attached hydrogens (tertiary/aromatic N) is 1. The van der Waals surface area contributed by atoms with Crippen LogP contribution in [0.2, 0.25) is 0 Å². The molecule has 6 rings (SSSR count). The van der Waals surface area contributed by atoms with Crippen LogP contribution in [-0.2, 0) is 23.0 Å². The summed E-state index contributed by atoms with van der Waals surface area (Å²) in [6, 6.07) is 7.68. The highest BCUT2D eigenvalue weighted by molar-refractivity contribution is 5.85. The summed E-state index contributed by atoms with van der Waals surface area (Å²) in [5.74, 6) is 4.82. The lowest BCUT2D eigenvalue weighted by Crippen LogP contribution is -2.51. The van der Waals surface area contributed by atoms with Gasteiger partial charge in [0.1, 0.15) is 12.1 Å². The molecule has 3 fully saturated rings. The maximum atomic E-state index is 13.2. The fraction of sp³-hybridized carbons (Fsp3) is 0.718. The summed E-state index contributed by atoms with van der Waals surface area (Å²) < 4.78 is 8.25. The first-order chi connectivity index (χ1) is 20.5. The number of nitrogens with two attached hydrogens (primary N) is 1. The fourth-order valence-corrected chi connectivity index (χ4v) is 10.9. The van der Waals surface area contributed by atoms with Crippen LogP contribution in [0.5, 0.6) is 0 Å². The molecule has 43 heavy (non-hydrogen) atoms. The Balaban J connectivity index is 1.08. The van der Waals surface area contributed by atoms with E-state index in [0.717, 1.165) is 60.3 Å². The molecule has 4 nitrogen and oxygen atoms in total. The Hall–Kier alpha value is -2.07. The highest BCUT2D eigenvalue weighted by Crippen LogP contribution is 2.67. The second kappa shape index (κ2) is 12.0. The monoisotopic (exact) mass is 586 g/mol. The third-order valence-electron chi connectivity index (χ3n) is 13.3. The van der Waals surface area contributed by atoms with Gasteiger partial charge in [-0.25, -0.2) is 0 Å². The largest absolute Gasteiger partial charge is 0.461 e. The molecule has 1 aromatic heterocycles. The number of aryl methyl sites for hydroxylation is 1. The van der Waals surface area contributed by atoms with Crippen molar-refractivity contribution < 1.29 is 9.53 Å². The number of carbonyl (C=O) groups excluding carboxylic acids is 1. The molecule has 0 radical (unpaired) electrons. The van der Waals surface area contributed by atoms with Crippen LogP contribution in [0.1, 0.15) is 111 Å². The molecule has 1 aromatic carbocycles. The molecular weight excluding hydrogens is 528 g/mol. The normalized spacial score (nSPS) is 35.2. The summed E-state index contributed by atoms with van der Waals surface area (Å²) in [6.45, 7) is 12.5. The van der Waals surface area contributed by atoms with Crippen LogP contribution in [0.4, 0.5) is 0 Å². The number of fused-ring (bicyclic) bond motifs is 6. The van der Waals surface area contributed by atoms with Crippen LogP contribution in [0, 0.1) is 46.3 Å². The molecular formula is C39H58N2O2. The standard InChI is InChI=1S/C39H58N2O2/c1-25(2)10-9-11-26(3)32-16-17-33-31-15-14-28-23-29(18-20-38(28,4)34(31)19-21-39(32,33)5)43-37(42)35(40)22-27-24-41(6)36-13-8-7-12-30(27)36/h7-8,12-14,24-26,29,31-35H,9-11,15-23,40H2,1-6H3/t26-,29+,31+,32?,33?,34?,35-,38+,39-/m1/s1. The third kappa shape index (κ3) is 5.64. The lowest BCUT2D eigenvalue weighted by atomic mass is 9.47. The van der Waals surface area contributed by atoms with Gasteiger partial charge in [-0.3, -0.25) is 4.79 Å². The minimum absolute atomic E-state index is 0.0432. The van der Waals surface area contributed by atoms with Crippen molar-refractivity contribution in [1.29, 1.82) is 0 Å². The zero-order chi connectivity index (χ0) is 30.5. The van der Waals surface area contributed by atoms with E-state index in [9.17, 15) is 4.79 Å². The molecule has 0 saturated heterocycles. The molecule has 0 amide bonds. The average molecular weight is 587 g/mol. The summed E-state index contributed by atoms with van der Waals surface area (Å²) in [4.78, 5) is 13.2. The average Bonchev–Trinajstić information content (AvgIpc) is 3.49. The number of hydrogen-bond acceptors (Lipinski definition) is 3. The van der Waals surface area contributed by atoms with Crippen molar-refractivity contribution in [1.82, 2.24) is 4.57 Å². The van der Waals surface area contributed by atoms with Crippen molar-refractivity contribution in [3.05, 3.63) is 47.7 Å². The lowest BCUT2D eigenvalue weighted by Gasteiger charge is -2.58. The van der Waals surface area contributed by atoms with Crippen molar-refractivity contribution in [3.63, 3.8) is 0 Å². The van der Waals surface area contributed by atoms with Gasteiger partial charge in [0.2, 0.25) is 0 Å². The van der Waals surface area contributed by atoms with Gasteiger partial charge in [0.25, 0.3) is 0 Å². The van der Waals surface area contributed by atoms with Crippen molar-refractivity contribution in [2.75, 3.05) is 0 Å². The quantitative estimate of drug-likeness (QED) is 0.236. The SMILES string of the molecule is CC(C)CCC[C@@H](C)C1CCC2[C@@H]3CC=C4C[C@@H](OC(=O)[C@H](N)Cc5cn(C)c6ccccc56)CC[C@]4(C)C3CC[C@@]21C. The van der Waals surface area contributed by atoms with Crippen LogP contribution < -0.4 is 5.73 Å². The summed E-state index contributed by atoms with van der Waals surface area (Å²) >= 11 is 0. The molecule has 3 saturated carbocycles. The first kappa shape index (κ1) is 30.9. The topological polar surface area (TPSA) is 57.2 Å².